The lowest BCUT2D eigenvalue weighted by Crippen LogP contribution is -2.14. The molecule has 0 fully saturated rings. The summed E-state index contributed by atoms with van der Waals surface area (Å²) >= 11 is 6.76. The fraction of sp³-hybridized carbons (Fsp3) is 0.333. The first-order valence-corrected chi connectivity index (χ1v) is 4.70. The Balaban J connectivity index is 3.04. The Bertz CT molecular complexity index is 255. The molecule has 2 N–H and O–H groups in total. The van der Waals surface area contributed by atoms with Crippen LogP contribution in [0.5, 0.6) is 0 Å². The van der Waals surface area contributed by atoms with Crippen molar-refractivity contribution in [3.8, 4) is 0 Å². The van der Waals surface area contributed by atoms with Crippen molar-refractivity contribution in [3.05, 3.63) is 10.1 Å². The molecule has 0 amide bonds. The van der Waals surface area contributed by atoms with Crippen molar-refractivity contribution in [2.24, 2.45) is 15.9 Å². The van der Waals surface area contributed by atoms with Crippen molar-refractivity contribution in [2.45, 2.75) is 11.8 Å². The van der Waals surface area contributed by atoms with Crippen LogP contribution in [0.2, 0.25) is 0 Å². The fourth-order valence-electron chi connectivity index (χ4n) is 0.692. The number of alkyl halides is 1. The first-order chi connectivity index (χ1) is 5.16. The molecule has 1 aliphatic heterocycles. The second-order valence-corrected chi connectivity index (χ2v) is 3.91. The molecule has 60 valence electrons. The van der Waals surface area contributed by atoms with Gasteiger partial charge < -0.3 is 5.84 Å². The SMILES string of the molecule is CC1=C(Br)/C(=N/N)N=CC1Br. The molecule has 0 saturated heterocycles. The van der Waals surface area contributed by atoms with E-state index in [4.69, 9.17) is 5.84 Å². The second-order valence-electron chi connectivity index (χ2n) is 2.13. The summed E-state index contributed by atoms with van der Waals surface area (Å²) in [4.78, 5) is 4.19. The smallest absolute Gasteiger partial charge is 0.185 e. The third-order valence-corrected chi connectivity index (χ3v) is 3.31. The zero-order valence-electron chi connectivity index (χ0n) is 5.88. The summed E-state index contributed by atoms with van der Waals surface area (Å²) in [5.74, 6) is 5.64. The minimum atomic E-state index is 0.183. The van der Waals surface area contributed by atoms with E-state index in [2.05, 4.69) is 42.0 Å². The van der Waals surface area contributed by atoms with Gasteiger partial charge in [-0.2, -0.15) is 5.10 Å². The van der Waals surface area contributed by atoms with E-state index in [9.17, 15) is 0 Å². The van der Waals surface area contributed by atoms with Gasteiger partial charge in [-0.1, -0.05) is 15.9 Å². The number of hydrogen-bond donors (Lipinski definition) is 1. The van der Waals surface area contributed by atoms with Crippen LogP contribution < -0.4 is 5.84 Å². The van der Waals surface area contributed by atoms with Crippen LogP contribution >= 0.6 is 31.9 Å². The van der Waals surface area contributed by atoms with E-state index in [-0.39, 0.29) is 4.83 Å². The number of rotatable bonds is 0. The van der Waals surface area contributed by atoms with Crippen molar-refractivity contribution >= 4 is 43.9 Å². The molecule has 0 aliphatic carbocycles. The Kier molecular flexibility index (Phi) is 2.84. The lowest BCUT2D eigenvalue weighted by molar-refractivity contribution is 1.21. The molecule has 1 atom stereocenters. The monoisotopic (exact) mass is 279 g/mol. The maximum atomic E-state index is 5.10. The number of amidine groups is 1. The third-order valence-electron chi connectivity index (χ3n) is 1.41. The molecule has 0 spiro atoms. The lowest BCUT2D eigenvalue weighted by atomic mass is 10.2. The highest BCUT2D eigenvalue weighted by Crippen LogP contribution is 2.24. The van der Waals surface area contributed by atoms with Gasteiger partial charge in [0.15, 0.2) is 5.84 Å². The molecular formula is C6H7Br2N3. The highest BCUT2D eigenvalue weighted by atomic mass is 79.9. The summed E-state index contributed by atoms with van der Waals surface area (Å²) in [5, 5.41) is 3.51. The second kappa shape index (κ2) is 3.49. The highest BCUT2D eigenvalue weighted by Gasteiger charge is 2.16. The summed E-state index contributed by atoms with van der Waals surface area (Å²) in [6.45, 7) is 1.99. The first kappa shape index (κ1) is 8.93. The van der Waals surface area contributed by atoms with Gasteiger partial charge in [-0.15, -0.1) is 0 Å². The van der Waals surface area contributed by atoms with Crippen LogP contribution in [0.25, 0.3) is 0 Å². The molecule has 1 unspecified atom stereocenters. The maximum absolute atomic E-state index is 5.10. The minimum Gasteiger partial charge on any atom is -0.321 e. The average Bonchev–Trinajstić information content (AvgIpc) is 2.01. The van der Waals surface area contributed by atoms with E-state index < -0.39 is 0 Å². The van der Waals surface area contributed by atoms with Gasteiger partial charge in [0.05, 0.1) is 9.31 Å². The van der Waals surface area contributed by atoms with Gasteiger partial charge in [-0.05, 0) is 28.4 Å². The molecule has 1 aliphatic rings. The van der Waals surface area contributed by atoms with Crippen LogP contribution in [-0.4, -0.2) is 16.9 Å². The third kappa shape index (κ3) is 1.70. The van der Waals surface area contributed by atoms with Crippen molar-refractivity contribution < 1.29 is 0 Å². The zero-order chi connectivity index (χ0) is 8.43. The van der Waals surface area contributed by atoms with Gasteiger partial charge in [0, 0.05) is 6.21 Å². The van der Waals surface area contributed by atoms with E-state index in [1.54, 1.807) is 6.21 Å². The summed E-state index contributed by atoms with van der Waals surface area (Å²) in [7, 11) is 0. The van der Waals surface area contributed by atoms with E-state index in [1.165, 1.54) is 0 Å². The molecule has 0 aromatic heterocycles. The minimum absolute atomic E-state index is 0.183. The van der Waals surface area contributed by atoms with Gasteiger partial charge in [0.25, 0.3) is 0 Å². The number of hydrogen-bond acceptors (Lipinski definition) is 2. The lowest BCUT2D eigenvalue weighted by Gasteiger charge is -2.12. The van der Waals surface area contributed by atoms with Gasteiger partial charge in [-0.3, -0.25) is 0 Å². The number of dihydropyridines is 1. The summed E-state index contributed by atoms with van der Waals surface area (Å²) in [6, 6.07) is 0. The van der Waals surface area contributed by atoms with Gasteiger partial charge in [-0.25, -0.2) is 4.99 Å². The Labute approximate surface area is 81.7 Å². The van der Waals surface area contributed by atoms with E-state index in [1.807, 2.05) is 6.92 Å². The summed E-state index contributed by atoms with van der Waals surface area (Å²) in [6.07, 6.45) is 1.76. The quantitative estimate of drug-likeness (QED) is 0.410. The fourth-order valence-corrected chi connectivity index (χ4v) is 1.80. The molecule has 1 heterocycles. The van der Waals surface area contributed by atoms with E-state index in [0.29, 0.717) is 5.84 Å². The van der Waals surface area contributed by atoms with Gasteiger partial charge in [0.1, 0.15) is 0 Å². The van der Waals surface area contributed by atoms with Crippen LogP contribution in [0.1, 0.15) is 6.92 Å². The maximum Gasteiger partial charge on any atom is 0.185 e. The van der Waals surface area contributed by atoms with E-state index >= 15 is 0 Å². The number of nitrogens with zero attached hydrogens (tertiary/aromatic N) is 2. The van der Waals surface area contributed by atoms with Gasteiger partial charge >= 0.3 is 0 Å². The summed E-state index contributed by atoms with van der Waals surface area (Å²) in [5.41, 5.74) is 1.13. The van der Waals surface area contributed by atoms with Crippen LogP contribution in [-0.2, 0) is 0 Å². The topological polar surface area (TPSA) is 50.7 Å². The van der Waals surface area contributed by atoms with Crippen LogP contribution in [0, 0.1) is 0 Å². The molecule has 0 aromatic rings. The van der Waals surface area contributed by atoms with Crippen molar-refractivity contribution in [2.75, 3.05) is 0 Å². The Hall–Kier alpha value is -0.160. The molecule has 0 aromatic carbocycles. The first-order valence-electron chi connectivity index (χ1n) is 2.99. The Morgan fingerprint density at radius 3 is 2.91 bits per heavy atom. The molecule has 0 saturated carbocycles. The molecule has 3 nitrogen and oxygen atoms in total. The molecule has 0 bridgehead atoms. The predicted molar refractivity (Wildman–Crippen MR) is 54.5 cm³/mol. The standard InChI is InChI=1S/C6H7Br2N3/c1-3-4(7)2-10-6(11-9)5(3)8/h2,4H,9H2,1H3/b11-6-. The Morgan fingerprint density at radius 2 is 2.36 bits per heavy atom. The van der Waals surface area contributed by atoms with Crippen LogP contribution in [0.4, 0.5) is 0 Å². The largest absolute Gasteiger partial charge is 0.321 e. The van der Waals surface area contributed by atoms with Crippen LogP contribution in [0.3, 0.4) is 0 Å². The molecule has 5 heteroatoms. The number of aliphatic imine (C=N–C) groups is 1. The van der Waals surface area contributed by atoms with Gasteiger partial charge in [0.2, 0.25) is 0 Å². The normalized spacial score (nSPS) is 28.3. The van der Waals surface area contributed by atoms with Crippen molar-refractivity contribution in [3.63, 3.8) is 0 Å². The summed E-state index contributed by atoms with van der Waals surface area (Å²) < 4.78 is 0.865. The molecule has 11 heavy (non-hydrogen) atoms. The molecular weight excluding hydrogens is 274 g/mol. The number of halogens is 2. The Morgan fingerprint density at radius 1 is 1.73 bits per heavy atom. The molecule has 1 rings (SSSR count). The highest BCUT2D eigenvalue weighted by molar-refractivity contribution is 9.12. The predicted octanol–water partition coefficient (Wildman–Crippen LogP) is 1.78. The molecule has 0 radical (unpaired) electrons. The number of allylic oxidation sites excluding steroid dienone is 1. The van der Waals surface area contributed by atoms with Crippen LogP contribution in [0.15, 0.2) is 20.1 Å². The zero-order valence-corrected chi connectivity index (χ0v) is 9.05. The number of hydrazone groups is 1. The van der Waals surface area contributed by atoms with Crippen molar-refractivity contribution in [1.82, 2.24) is 0 Å². The van der Waals surface area contributed by atoms with E-state index in [0.717, 1.165) is 10.1 Å². The van der Waals surface area contributed by atoms with Crippen molar-refractivity contribution in [1.29, 1.82) is 0 Å². The average molecular weight is 281 g/mol. The number of nitrogens with two attached hydrogens (primary N) is 1.